The second kappa shape index (κ2) is 5.92. The zero-order valence-corrected chi connectivity index (χ0v) is 14.0. The van der Waals surface area contributed by atoms with E-state index in [2.05, 4.69) is 26.2 Å². The van der Waals surface area contributed by atoms with Crippen molar-refractivity contribution < 1.29 is 9.05 Å². The van der Waals surface area contributed by atoms with E-state index in [1.54, 1.807) is 12.1 Å². The van der Waals surface area contributed by atoms with Crippen LogP contribution in [0.4, 0.5) is 0 Å². The van der Waals surface area contributed by atoms with Crippen LogP contribution in [0.3, 0.4) is 0 Å². The molecule has 118 valence electrons. The van der Waals surface area contributed by atoms with Crippen molar-refractivity contribution in [3.05, 3.63) is 66.6 Å². The average molecular weight is 377 g/mol. The first-order valence-corrected chi connectivity index (χ1v) is 7.60. The largest absolute Gasteiger partial charge is 0.378 e. The lowest BCUT2D eigenvalue weighted by Gasteiger charge is -1.94. The van der Waals surface area contributed by atoms with Gasteiger partial charge < -0.3 is 9.05 Å². The third kappa shape index (κ3) is 3.00. The molecule has 0 spiro atoms. The highest BCUT2D eigenvalue weighted by atomic mass is 79.9. The van der Waals surface area contributed by atoms with E-state index in [0.717, 1.165) is 15.6 Å². The zero-order valence-electron chi connectivity index (χ0n) is 12.4. The van der Waals surface area contributed by atoms with Gasteiger partial charge in [0.05, 0.1) is 10.8 Å². The number of hydrogen-bond donors (Lipinski definition) is 2. The molecule has 0 saturated carbocycles. The lowest BCUT2D eigenvalue weighted by atomic mass is 10.2. The number of H-pyrrole nitrogens is 2. The quantitative estimate of drug-likeness (QED) is 0.490. The van der Waals surface area contributed by atoms with Gasteiger partial charge in [0.15, 0.2) is 11.2 Å². The summed E-state index contributed by atoms with van der Waals surface area (Å²) >= 11 is 3.34. The summed E-state index contributed by atoms with van der Waals surface area (Å²) < 4.78 is 10.7. The summed E-state index contributed by atoms with van der Waals surface area (Å²) in [4.78, 5) is 22.0. The predicted molar refractivity (Wildman–Crippen MR) is 90.8 cm³/mol. The zero-order chi connectivity index (χ0) is 16.6. The average Bonchev–Trinajstić information content (AvgIpc) is 3.05. The molecule has 6 nitrogen and oxygen atoms in total. The van der Waals surface area contributed by atoms with Gasteiger partial charge in [0.25, 0.3) is 11.1 Å². The Morgan fingerprint density at radius 2 is 1.48 bits per heavy atom. The summed E-state index contributed by atoms with van der Waals surface area (Å²) in [5.74, 6) is 0. The van der Waals surface area contributed by atoms with Crippen LogP contribution >= 0.6 is 15.9 Å². The van der Waals surface area contributed by atoms with Crippen LogP contribution in [0, 0.1) is 13.8 Å². The molecule has 0 saturated heterocycles. The molecule has 0 unspecified atom stereocenters. The monoisotopic (exact) mass is 376 g/mol. The third-order valence-electron chi connectivity index (χ3n) is 3.39. The minimum Gasteiger partial charge on any atom is -0.378 e. The van der Waals surface area contributed by atoms with Crippen LogP contribution in [-0.2, 0) is 0 Å². The van der Waals surface area contributed by atoms with Crippen molar-refractivity contribution >= 4 is 37.9 Å². The van der Waals surface area contributed by atoms with Gasteiger partial charge in [-0.25, -0.2) is 0 Å². The van der Waals surface area contributed by atoms with Crippen molar-refractivity contribution in [2.45, 2.75) is 13.8 Å². The van der Waals surface area contributed by atoms with E-state index in [1.165, 1.54) is 0 Å². The second-order valence-corrected chi connectivity index (χ2v) is 6.02. The highest BCUT2D eigenvalue weighted by molar-refractivity contribution is 9.10. The van der Waals surface area contributed by atoms with E-state index >= 15 is 0 Å². The Morgan fingerprint density at radius 3 is 2.17 bits per heavy atom. The van der Waals surface area contributed by atoms with Crippen molar-refractivity contribution in [2.75, 3.05) is 0 Å². The van der Waals surface area contributed by atoms with Crippen molar-refractivity contribution in [3.63, 3.8) is 0 Å². The Bertz CT molecular complexity index is 1100. The first-order chi connectivity index (χ1) is 11.0. The Morgan fingerprint density at radius 1 is 0.870 bits per heavy atom. The fraction of sp³-hybridized carbons (Fsp3) is 0.125. The molecule has 0 fully saturated rings. The minimum absolute atomic E-state index is 0.167. The summed E-state index contributed by atoms with van der Waals surface area (Å²) in [7, 11) is 0. The number of aromatic amines is 2. The standard InChI is InChI=1S/C8H6BrNO2.C8H7NO2/c1-4-2-7-5(3-6(4)9)8(11)10-12-7;1-5-2-3-6-7(4-5)11-9-8(6)10/h2-3H,1H3,(H,10,11);2-4H,1H3,(H,9,10). The maximum absolute atomic E-state index is 11.1. The number of rotatable bonds is 0. The Hall–Kier alpha value is -2.54. The van der Waals surface area contributed by atoms with Crippen LogP contribution in [-0.4, -0.2) is 10.3 Å². The maximum atomic E-state index is 11.1. The third-order valence-corrected chi connectivity index (χ3v) is 4.25. The highest BCUT2D eigenvalue weighted by Crippen LogP contribution is 2.21. The molecule has 2 heterocycles. The molecule has 7 heteroatoms. The van der Waals surface area contributed by atoms with Crippen molar-refractivity contribution in [3.8, 4) is 0 Å². The Balaban J connectivity index is 0.000000136. The van der Waals surface area contributed by atoms with Gasteiger partial charge in [0.1, 0.15) is 0 Å². The second-order valence-electron chi connectivity index (χ2n) is 5.16. The number of benzene rings is 2. The van der Waals surface area contributed by atoms with Gasteiger partial charge in [-0.15, -0.1) is 0 Å². The summed E-state index contributed by atoms with van der Waals surface area (Å²) in [6.07, 6.45) is 0. The van der Waals surface area contributed by atoms with Crippen LogP contribution in [0.2, 0.25) is 0 Å². The number of hydrogen-bond acceptors (Lipinski definition) is 4. The van der Waals surface area contributed by atoms with Gasteiger partial charge in [-0.05, 0) is 49.2 Å². The molecule has 0 atom stereocenters. The van der Waals surface area contributed by atoms with Gasteiger partial charge in [0, 0.05) is 4.47 Å². The van der Waals surface area contributed by atoms with E-state index in [4.69, 9.17) is 9.05 Å². The van der Waals surface area contributed by atoms with Gasteiger partial charge in [-0.3, -0.25) is 9.59 Å². The highest BCUT2D eigenvalue weighted by Gasteiger charge is 2.05. The van der Waals surface area contributed by atoms with Crippen LogP contribution < -0.4 is 11.1 Å². The van der Waals surface area contributed by atoms with Crippen molar-refractivity contribution in [2.24, 2.45) is 0 Å². The number of aryl methyl sites for hydroxylation is 2. The molecule has 0 amide bonds. The topological polar surface area (TPSA) is 92.0 Å². The van der Waals surface area contributed by atoms with Gasteiger partial charge in [-0.1, -0.05) is 22.0 Å². The van der Waals surface area contributed by atoms with E-state index < -0.39 is 0 Å². The summed E-state index contributed by atoms with van der Waals surface area (Å²) in [6.45, 7) is 3.89. The molecular weight excluding hydrogens is 364 g/mol. The summed E-state index contributed by atoms with van der Waals surface area (Å²) in [5, 5.41) is 5.74. The Kier molecular flexibility index (Phi) is 3.96. The molecule has 0 aliphatic carbocycles. The van der Waals surface area contributed by atoms with Gasteiger partial charge in [-0.2, -0.15) is 10.3 Å². The molecule has 0 bridgehead atoms. The molecule has 4 aromatic rings. The van der Waals surface area contributed by atoms with Crippen LogP contribution in [0.15, 0.2) is 53.4 Å². The number of fused-ring (bicyclic) bond motifs is 2. The van der Waals surface area contributed by atoms with Gasteiger partial charge in [0.2, 0.25) is 0 Å². The predicted octanol–water partition coefficient (Wildman–Crippen LogP) is 3.62. The van der Waals surface area contributed by atoms with E-state index in [-0.39, 0.29) is 11.1 Å². The molecule has 0 aliphatic heterocycles. The SMILES string of the molecule is Cc1cc2o[nH]c(=O)c2cc1Br.Cc1ccc2c(=O)[nH]oc2c1. The fourth-order valence-electron chi connectivity index (χ4n) is 2.13. The minimum atomic E-state index is -0.189. The first-order valence-electron chi connectivity index (χ1n) is 6.81. The summed E-state index contributed by atoms with van der Waals surface area (Å²) in [6, 6.07) is 9.04. The summed E-state index contributed by atoms with van der Waals surface area (Å²) in [5.41, 5.74) is 2.99. The molecule has 23 heavy (non-hydrogen) atoms. The van der Waals surface area contributed by atoms with Crippen LogP contribution in [0.25, 0.3) is 21.9 Å². The number of nitrogens with one attached hydrogen (secondary N) is 2. The molecule has 0 aliphatic rings. The maximum Gasteiger partial charge on any atom is 0.287 e. The van der Waals surface area contributed by atoms with Gasteiger partial charge >= 0.3 is 0 Å². The lowest BCUT2D eigenvalue weighted by molar-refractivity contribution is 0.449. The van der Waals surface area contributed by atoms with Crippen molar-refractivity contribution in [1.29, 1.82) is 0 Å². The molecule has 2 aromatic carbocycles. The first kappa shape index (κ1) is 15.4. The normalized spacial score (nSPS) is 10.7. The van der Waals surface area contributed by atoms with Crippen LogP contribution in [0.5, 0.6) is 0 Å². The van der Waals surface area contributed by atoms with Crippen molar-refractivity contribution in [1.82, 2.24) is 10.3 Å². The lowest BCUT2D eigenvalue weighted by Crippen LogP contribution is -1.96. The van der Waals surface area contributed by atoms with E-state index in [1.807, 2.05) is 32.0 Å². The fourth-order valence-corrected chi connectivity index (χ4v) is 2.47. The molecule has 4 rings (SSSR count). The van der Waals surface area contributed by atoms with E-state index in [0.29, 0.717) is 21.9 Å². The van der Waals surface area contributed by atoms with E-state index in [9.17, 15) is 9.59 Å². The Labute approximate surface area is 138 Å². The molecule has 2 aromatic heterocycles. The molecule has 0 radical (unpaired) electrons. The number of halogens is 1. The molecular formula is C16H13BrN2O4. The molecule has 2 N–H and O–H groups in total. The smallest absolute Gasteiger partial charge is 0.287 e. The van der Waals surface area contributed by atoms with Crippen LogP contribution in [0.1, 0.15) is 11.1 Å². The number of aromatic nitrogens is 2.